The molecule has 0 fully saturated rings. The van der Waals surface area contributed by atoms with Gasteiger partial charge in [0.15, 0.2) is 0 Å². The maximum atomic E-state index is 3.71. The molecule has 1 heterocycles. The predicted molar refractivity (Wildman–Crippen MR) is 58.0 cm³/mol. The normalized spacial score (nSPS) is 28.2. The molecule has 0 bridgehead atoms. The fraction of sp³-hybridized carbons (Fsp3) is 0.400. The Kier molecular flexibility index (Phi) is 2.47. The van der Waals surface area contributed by atoms with Crippen LogP contribution in [0.3, 0.4) is 0 Å². The number of benzene rings is 1. The van der Waals surface area contributed by atoms with Crippen LogP contribution in [0.5, 0.6) is 0 Å². The highest BCUT2D eigenvalue weighted by atomic mass is 79.9. The standard InChI is InChI=1S/C10H11BrS/c1-7-6-9(11)8-4-2-3-5-10(8)12-7/h2-5,7,9H,6H2,1H3. The van der Waals surface area contributed by atoms with E-state index in [4.69, 9.17) is 0 Å². The van der Waals surface area contributed by atoms with Crippen molar-refractivity contribution in [3.05, 3.63) is 29.8 Å². The molecule has 1 aliphatic rings. The second-order valence-electron chi connectivity index (χ2n) is 3.17. The van der Waals surface area contributed by atoms with Gasteiger partial charge in [0.2, 0.25) is 0 Å². The van der Waals surface area contributed by atoms with Crippen LogP contribution in [0.2, 0.25) is 0 Å². The SMILES string of the molecule is CC1CC(Br)c2ccccc2S1. The van der Waals surface area contributed by atoms with E-state index in [0.717, 1.165) is 5.25 Å². The number of fused-ring (bicyclic) bond motifs is 1. The molecule has 64 valence electrons. The highest BCUT2D eigenvalue weighted by molar-refractivity contribution is 9.09. The maximum absolute atomic E-state index is 3.71. The van der Waals surface area contributed by atoms with Crippen LogP contribution in [-0.4, -0.2) is 5.25 Å². The fourth-order valence-corrected chi connectivity index (χ4v) is 4.11. The van der Waals surface area contributed by atoms with Gasteiger partial charge in [0.1, 0.15) is 0 Å². The van der Waals surface area contributed by atoms with Crippen LogP contribution in [0.15, 0.2) is 29.2 Å². The lowest BCUT2D eigenvalue weighted by atomic mass is 10.1. The fourth-order valence-electron chi connectivity index (χ4n) is 1.53. The first-order chi connectivity index (χ1) is 5.77. The van der Waals surface area contributed by atoms with Gasteiger partial charge in [0.05, 0.1) is 0 Å². The minimum Gasteiger partial charge on any atom is -0.123 e. The quantitative estimate of drug-likeness (QED) is 0.620. The highest BCUT2D eigenvalue weighted by Crippen LogP contribution is 2.44. The van der Waals surface area contributed by atoms with E-state index in [0.29, 0.717) is 4.83 Å². The summed E-state index contributed by atoms with van der Waals surface area (Å²) in [6, 6.07) is 8.66. The number of hydrogen-bond acceptors (Lipinski definition) is 1. The number of alkyl halides is 1. The van der Waals surface area contributed by atoms with Gasteiger partial charge in [-0.3, -0.25) is 0 Å². The molecule has 2 heteroatoms. The van der Waals surface area contributed by atoms with E-state index in [-0.39, 0.29) is 0 Å². The van der Waals surface area contributed by atoms with E-state index in [1.165, 1.54) is 16.9 Å². The summed E-state index contributed by atoms with van der Waals surface area (Å²) in [5.74, 6) is 0. The molecule has 2 unspecified atom stereocenters. The molecule has 0 aliphatic carbocycles. The second kappa shape index (κ2) is 3.43. The zero-order valence-corrected chi connectivity index (χ0v) is 9.36. The van der Waals surface area contributed by atoms with Crippen LogP contribution in [0, 0.1) is 0 Å². The van der Waals surface area contributed by atoms with Crippen LogP contribution in [-0.2, 0) is 0 Å². The van der Waals surface area contributed by atoms with Crippen molar-refractivity contribution < 1.29 is 0 Å². The Labute approximate surface area is 85.9 Å². The van der Waals surface area contributed by atoms with Crippen LogP contribution in [0.1, 0.15) is 23.7 Å². The van der Waals surface area contributed by atoms with E-state index in [2.05, 4.69) is 47.1 Å². The highest BCUT2D eigenvalue weighted by Gasteiger charge is 2.22. The summed E-state index contributed by atoms with van der Waals surface area (Å²) in [5, 5.41) is 0.740. The predicted octanol–water partition coefficient (Wildman–Crippen LogP) is 4.01. The van der Waals surface area contributed by atoms with Crippen molar-refractivity contribution in [2.24, 2.45) is 0 Å². The summed E-state index contributed by atoms with van der Waals surface area (Å²) in [5.41, 5.74) is 1.46. The largest absolute Gasteiger partial charge is 0.123 e. The Bertz CT molecular complexity index is 285. The van der Waals surface area contributed by atoms with Crippen molar-refractivity contribution >= 4 is 27.7 Å². The third-order valence-corrected chi connectivity index (χ3v) is 4.21. The zero-order chi connectivity index (χ0) is 8.55. The third-order valence-electron chi connectivity index (χ3n) is 2.12. The van der Waals surface area contributed by atoms with Gasteiger partial charge < -0.3 is 0 Å². The molecule has 0 spiro atoms. The first-order valence-electron chi connectivity index (χ1n) is 4.17. The minimum atomic E-state index is 0.560. The Morgan fingerprint density at radius 2 is 2.17 bits per heavy atom. The molecule has 0 N–H and O–H groups in total. The first-order valence-corrected chi connectivity index (χ1v) is 5.96. The van der Waals surface area contributed by atoms with Gasteiger partial charge in [0.25, 0.3) is 0 Å². The average molecular weight is 243 g/mol. The van der Waals surface area contributed by atoms with Crippen LogP contribution in [0.25, 0.3) is 0 Å². The lowest BCUT2D eigenvalue weighted by molar-refractivity contribution is 0.774. The molecule has 0 amide bonds. The van der Waals surface area contributed by atoms with E-state index in [1.54, 1.807) is 0 Å². The molecular weight excluding hydrogens is 232 g/mol. The number of halogens is 1. The molecule has 0 aromatic heterocycles. The van der Waals surface area contributed by atoms with Crippen LogP contribution < -0.4 is 0 Å². The van der Waals surface area contributed by atoms with Crippen molar-refractivity contribution in [1.29, 1.82) is 0 Å². The Morgan fingerprint density at radius 1 is 1.42 bits per heavy atom. The van der Waals surface area contributed by atoms with E-state index >= 15 is 0 Å². The van der Waals surface area contributed by atoms with Crippen LogP contribution >= 0.6 is 27.7 Å². The molecule has 0 saturated carbocycles. The minimum absolute atomic E-state index is 0.560. The zero-order valence-electron chi connectivity index (χ0n) is 6.96. The topological polar surface area (TPSA) is 0 Å². The summed E-state index contributed by atoms with van der Waals surface area (Å²) in [4.78, 5) is 2.00. The van der Waals surface area contributed by atoms with Crippen molar-refractivity contribution in [3.8, 4) is 0 Å². The number of hydrogen-bond donors (Lipinski definition) is 0. The summed E-state index contributed by atoms with van der Waals surface area (Å²) < 4.78 is 0. The molecule has 12 heavy (non-hydrogen) atoms. The van der Waals surface area contributed by atoms with Crippen molar-refractivity contribution in [2.75, 3.05) is 0 Å². The van der Waals surface area contributed by atoms with Gasteiger partial charge in [-0.1, -0.05) is 41.1 Å². The van der Waals surface area contributed by atoms with Crippen molar-refractivity contribution in [2.45, 2.75) is 28.3 Å². The number of rotatable bonds is 0. The second-order valence-corrected chi connectivity index (χ2v) is 5.76. The molecule has 1 aliphatic heterocycles. The van der Waals surface area contributed by atoms with Crippen molar-refractivity contribution in [3.63, 3.8) is 0 Å². The summed E-state index contributed by atoms with van der Waals surface area (Å²) in [6.45, 7) is 2.29. The molecular formula is C10H11BrS. The Balaban J connectivity index is 2.40. The van der Waals surface area contributed by atoms with Crippen LogP contribution in [0.4, 0.5) is 0 Å². The monoisotopic (exact) mass is 242 g/mol. The van der Waals surface area contributed by atoms with E-state index in [9.17, 15) is 0 Å². The first kappa shape index (κ1) is 8.64. The molecule has 1 aromatic carbocycles. The third kappa shape index (κ3) is 1.55. The van der Waals surface area contributed by atoms with E-state index < -0.39 is 0 Å². The molecule has 2 atom stereocenters. The number of thioether (sulfide) groups is 1. The smallest absolute Gasteiger partial charge is 0.0416 e. The van der Waals surface area contributed by atoms with Gasteiger partial charge in [-0.05, 0) is 18.1 Å². The Morgan fingerprint density at radius 3 is 3.00 bits per heavy atom. The van der Waals surface area contributed by atoms with Gasteiger partial charge in [0, 0.05) is 15.0 Å². The molecule has 1 aromatic rings. The average Bonchev–Trinajstić information content (AvgIpc) is 2.04. The lowest BCUT2D eigenvalue weighted by Crippen LogP contribution is -2.08. The molecule has 0 radical (unpaired) electrons. The molecule has 0 nitrogen and oxygen atoms in total. The molecule has 0 saturated heterocycles. The summed E-state index contributed by atoms with van der Waals surface area (Å²) in [7, 11) is 0. The summed E-state index contributed by atoms with van der Waals surface area (Å²) in [6.07, 6.45) is 1.24. The molecule has 2 rings (SSSR count). The van der Waals surface area contributed by atoms with Gasteiger partial charge in [-0.25, -0.2) is 0 Å². The van der Waals surface area contributed by atoms with E-state index in [1.807, 2.05) is 11.8 Å². The van der Waals surface area contributed by atoms with Gasteiger partial charge >= 0.3 is 0 Å². The lowest BCUT2D eigenvalue weighted by Gasteiger charge is -2.25. The Hall–Kier alpha value is 0.0500. The summed E-state index contributed by atoms with van der Waals surface area (Å²) >= 11 is 5.70. The maximum Gasteiger partial charge on any atom is 0.0416 e. The van der Waals surface area contributed by atoms with Gasteiger partial charge in [-0.15, -0.1) is 11.8 Å². The van der Waals surface area contributed by atoms with Crippen molar-refractivity contribution in [1.82, 2.24) is 0 Å². The van der Waals surface area contributed by atoms with Gasteiger partial charge in [-0.2, -0.15) is 0 Å².